The summed E-state index contributed by atoms with van der Waals surface area (Å²) in [4.78, 5) is 50.3. The van der Waals surface area contributed by atoms with Crippen molar-refractivity contribution in [3.63, 3.8) is 0 Å². The van der Waals surface area contributed by atoms with Crippen LogP contribution in [0, 0.1) is 11.3 Å². The highest BCUT2D eigenvalue weighted by Gasteiger charge is 2.49. The highest BCUT2D eigenvalue weighted by Crippen LogP contribution is 2.29. The van der Waals surface area contributed by atoms with Crippen LogP contribution >= 0.6 is 0 Å². The molecule has 3 rings (SSSR count). The molecule has 146 valence electrons. The van der Waals surface area contributed by atoms with Crippen molar-refractivity contribution in [2.24, 2.45) is 0 Å². The van der Waals surface area contributed by atoms with Crippen LogP contribution in [-0.2, 0) is 15.1 Å². The van der Waals surface area contributed by atoms with Gasteiger partial charge in [0.2, 0.25) is 5.91 Å². The molecule has 8 heteroatoms. The Labute approximate surface area is 167 Å². The molecule has 1 unspecified atom stereocenters. The summed E-state index contributed by atoms with van der Waals surface area (Å²) in [6.45, 7) is 2.39. The first-order valence-corrected chi connectivity index (χ1v) is 8.81. The van der Waals surface area contributed by atoms with Crippen molar-refractivity contribution >= 4 is 29.3 Å². The fraction of sp³-hybridized carbons (Fsp3) is 0.190. The van der Waals surface area contributed by atoms with Gasteiger partial charge < -0.3 is 10.6 Å². The minimum Gasteiger partial charge on any atom is -0.324 e. The molecule has 0 radical (unpaired) electrons. The summed E-state index contributed by atoms with van der Waals surface area (Å²) in [7, 11) is 0. The van der Waals surface area contributed by atoms with E-state index in [1.807, 2.05) is 6.07 Å². The number of carbonyl (C=O) groups is 4. The molecule has 0 bridgehead atoms. The van der Waals surface area contributed by atoms with Crippen LogP contribution in [0.4, 0.5) is 10.5 Å². The van der Waals surface area contributed by atoms with Crippen molar-refractivity contribution in [1.29, 1.82) is 5.26 Å². The van der Waals surface area contributed by atoms with E-state index in [9.17, 15) is 19.2 Å². The number of benzene rings is 2. The molecule has 0 spiro atoms. The minimum atomic E-state index is -1.39. The molecule has 1 aliphatic heterocycles. The number of hydrogen-bond acceptors (Lipinski definition) is 5. The maximum Gasteiger partial charge on any atom is 0.325 e. The molecule has 1 heterocycles. The van der Waals surface area contributed by atoms with Crippen LogP contribution in [0.15, 0.2) is 48.5 Å². The van der Waals surface area contributed by atoms with E-state index in [-0.39, 0.29) is 5.78 Å². The van der Waals surface area contributed by atoms with Crippen LogP contribution in [-0.4, -0.2) is 35.1 Å². The molecule has 8 nitrogen and oxygen atoms in total. The molecular formula is C21H18N4O4. The third-order valence-corrected chi connectivity index (χ3v) is 4.73. The van der Waals surface area contributed by atoms with E-state index in [2.05, 4.69) is 10.6 Å². The second kappa shape index (κ2) is 7.56. The monoisotopic (exact) mass is 390 g/mol. The van der Waals surface area contributed by atoms with E-state index >= 15 is 0 Å². The van der Waals surface area contributed by atoms with E-state index in [1.54, 1.807) is 42.5 Å². The number of para-hydroxylation sites is 1. The highest BCUT2D eigenvalue weighted by molar-refractivity contribution is 6.11. The molecule has 1 fully saturated rings. The zero-order valence-corrected chi connectivity index (χ0v) is 15.9. The lowest BCUT2D eigenvalue weighted by atomic mass is 9.91. The van der Waals surface area contributed by atoms with Gasteiger partial charge in [0.25, 0.3) is 5.91 Å². The van der Waals surface area contributed by atoms with Gasteiger partial charge in [-0.25, -0.2) is 4.79 Å². The molecule has 2 aromatic rings. The van der Waals surface area contributed by atoms with Crippen molar-refractivity contribution in [2.75, 3.05) is 11.9 Å². The van der Waals surface area contributed by atoms with Crippen LogP contribution in [0.5, 0.6) is 0 Å². The van der Waals surface area contributed by atoms with Gasteiger partial charge in [0.05, 0.1) is 17.3 Å². The highest BCUT2D eigenvalue weighted by atomic mass is 16.2. The SMILES string of the molecule is CC(=O)c1ccccc1NC(=O)CN1C(=O)NC(C)(c2cccc(C#N)c2)C1=O. The van der Waals surface area contributed by atoms with Crippen molar-refractivity contribution in [3.05, 3.63) is 65.2 Å². The summed E-state index contributed by atoms with van der Waals surface area (Å²) in [5.74, 6) is -1.44. The molecule has 1 saturated heterocycles. The Balaban J connectivity index is 1.79. The quantitative estimate of drug-likeness (QED) is 0.599. The first-order chi connectivity index (χ1) is 13.8. The van der Waals surface area contributed by atoms with E-state index in [0.717, 1.165) is 4.90 Å². The van der Waals surface area contributed by atoms with Gasteiger partial charge >= 0.3 is 6.03 Å². The van der Waals surface area contributed by atoms with E-state index in [0.29, 0.717) is 22.4 Å². The Bertz CT molecular complexity index is 1070. The van der Waals surface area contributed by atoms with Crippen LogP contribution in [0.1, 0.15) is 35.3 Å². The molecule has 1 atom stereocenters. The lowest BCUT2D eigenvalue weighted by Gasteiger charge is -2.22. The van der Waals surface area contributed by atoms with Gasteiger partial charge in [-0.1, -0.05) is 24.3 Å². The Kier molecular flexibility index (Phi) is 5.15. The predicted octanol–water partition coefficient (Wildman–Crippen LogP) is 2.17. The number of nitriles is 1. The van der Waals surface area contributed by atoms with Crippen LogP contribution in [0.3, 0.4) is 0 Å². The molecule has 1 aliphatic rings. The molecule has 0 aliphatic carbocycles. The topological polar surface area (TPSA) is 119 Å². The van der Waals surface area contributed by atoms with Gasteiger partial charge in [-0.05, 0) is 43.7 Å². The average molecular weight is 390 g/mol. The predicted molar refractivity (Wildman–Crippen MR) is 104 cm³/mol. The third-order valence-electron chi connectivity index (χ3n) is 4.73. The number of carbonyl (C=O) groups excluding carboxylic acids is 4. The maximum atomic E-state index is 12.9. The molecule has 4 amide bonds. The second-order valence-corrected chi connectivity index (χ2v) is 6.79. The van der Waals surface area contributed by atoms with Crippen LogP contribution in [0.25, 0.3) is 0 Å². The van der Waals surface area contributed by atoms with Crippen LogP contribution in [0.2, 0.25) is 0 Å². The lowest BCUT2D eigenvalue weighted by molar-refractivity contribution is -0.133. The number of anilines is 1. The zero-order chi connectivity index (χ0) is 21.2. The number of urea groups is 1. The van der Waals surface area contributed by atoms with E-state index < -0.39 is 29.9 Å². The molecule has 2 N–H and O–H groups in total. The number of nitrogens with one attached hydrogen (secondary N) is 2. The van der Waals surface area contributed by atoms with Gasteiger partial charge in [-0.2, -0.15) is 5.26 Å². The average Bonchev–Trinajstić information content (AvgIpc) is 2.92. The lowest BCUT2D eigenvalue weighted by Crippen LogP contribution is -2.42. The summed E-state index contributed by atoms with van der Waals surface area (Å²) in [5.41, 5.74) is 0.0434. The van der Waals surface area contributed by atoms with E-state index in [1.165, 1.54) is 19.9 Å². The van der Waals surface area contributed by atoms with Gasteiger partial charge in [0.15, 0.2) is 5.78 Å². The summed E-state index contributed by atoms with van der Waals surface area (Å²) < 4.78 is 0. The number of imide groups is 1. The number of nitrogens with zero attached hydrogens (tertiary/aromatic N) is 2. The van der Waals surface area contributed by atoms with Crippen molar-refractivity contribution < 1.29 is 19.2 Å². The summed E-state index contributed by atoms with van der Waals surface area (Å²) in [5, 5.41) is 14.2. The zero-order valence-electron chi connectivity index (χ0n) is 15.9. The first-order valence-electron chi connectivity index (χ1n) is 8.81. The smallest absolute Gasteiger partial charge is 0.324 e. The van der Waals surface area contributed by atoms with Crippen molar-refractivity contribution in [3.8, 4) is 6.07 Å². The van der Waals surface area contributed by atoms with Crippen LogP contribution < -0.4 is 10.6 Å². The van der Waals surface area contributed by atoms with Gasteiger partial charge in [-0.15, -0.1) is 0 Å². The Morgan fingerprint density at radius 3 is 2.59 bits per heavy atom. The molecule has 0 saturated carbocycles. The standard InChI is InChI=1S/C21H18N4O4/c1-13(26)16-8-3-4-9-17(16)23-18(27)12-25-19(28)21(2,24-20(25)29)15-7-5-6-14(10-15)11-22/h3-10H,12H2,1-2H3,(H,23,27)(H,24,29). The molecule has 0 aromatic heterocycles. The third kappa shape index (κ3) is 3.71. The number of hydrogen-bond donors (Lipinski definition) is 2. The second-order valence-electron chi connectivity index (χ2n) is 6.79. The molecular weight excluding hydrogens is 372 g/mol. The number of rotatable bonds is 5. The largest absolute Gasteiger partial charge is 0.325 e. The van der Waals surface area contributed by atoms with Gasteiger partial charge in [-0.3, -0.25) is 19.3 Å². The Morgan fingerprint density at radius 2 is 1.90 bits per heavy atom. The first kappa shape index (κ1) is 19.8. The van der Waals surface area contributed by atoms with Gasteiger partial charge in [0, 0.05) is 5.56 Å². The summed E-state index contributed by atoms with van der Waals surface area (Å²) in [6.07, 6.45) is 0. The normalized spacial score (nSPS) is 18.2. The fourth-order valence-corrected chi connectivity index (χ4v) is 3.17. The Morgan fingerprint density at radius 1 is 1.17 bits per heavy atom. The fourth-order valence-electron chi connectivity index (χ4n) is 3.17. The van der Waals surface area contributed by atoms with E-state index in [4.69, 9.17) is 5.26 Å². The van der Waals surface area contributed by atoms with Gasteiger partial charge in [0.1, 0.15) is 12.1 Å². The maximum absolute atomic E-state index is 12.9. The summed E-state index contributed by atoms with van der Waals surface area (Å²) in [6, 6.07) is 14.1. The van der Waals surface area contributed by atoms with Crippen molar-refractivity contribution in [2.45, 2.75) is 19.4 Å². The summed E-state index contributed by atoms with van der Waals surface area (Å²) >= 11 is 0. The number of amides is 4. The number of ketones is 1. The van der Waals surface area contributed by atoms with Crippen molar-refractivity contribution in [1.82, 2.24) is 10.2 Å². The molecule has 2 aromatic carbocycles. The minimum absolute atomic E-state index is 0.221. The Hall–Kier alpha value is -3.99. The molecule has 29 heavy (non-hydrogen) atoms. The number of Topliss-reactive ketones (excluding diaryl/α,β-unsaturated/α-hetero) is 1.